The number of nitrogens with zero attached hydrogens (tertiary/aromatic N) is 2. The van der Waals surface area contributed by atoms with E-state index < -0.39 is 0 Å². The van der Waals surface area contributed by atoms with Crippen LogP contribution in [0.1, 0.15) is 31.0 Å². The van der Waals surface area contributed by atoms with Crippen molar-refractivity contribution in [2.24, 2.45) is 7.05 Å². The Hall–Kier alpha value is -2.30. The van der Waals surface area contributed by atoms with E-state index in [1.807, 2.05) is 19.1 Å². The average molecular weight is 272 g/mol. The van der Waals surface area contributed by atoms with E-state index in [4.69, 9.17) is 0 Å². The first-order chi connectivity index (χ1) is 9.58. The molecule has 0 saturated heterocycles. The lowest BCUT2D eigenvalue weighted by atomic mass is 10.1. The number of carbonyl (C=O) groups excluding carboxylic acids is 1. The van der Waals surface area contributed by atoms with Gasteiger partial charge in [-0.1, -0.05) is 31.2 Å². The van der Waals surface area contributed by atoms with Crippen molar-refractivity contribution in [2.45, 2.75) is 26.3 Å². The Bertz CT molecular complexity index is 574. The molecule has 2 N–H and O–H groups in total. The molecule has 2 rings (SSSR count). The van der Waals surface area contributed by atoms with Crippen LogP contribution in [-0.2, 0) is 13.5 Å². The van der Waals surface area contributed by atoms with Crippen molar-refractivity contribution in [1.29, 1.82) is 0 Å². The molecule has 5 heteroatoms. The zero-order valence-corrected chi connectivity index (χ0v) is 12.1. The summed E-state index contributed by atoms with van der Waals surface area (Å²) in [5.41, 5.74) is 3.06. The quantitative estimate of drug-likeness (QED) is 0.899. The second kappa shape index (κ2) is 6.23. The van der Waals surface area contributed by atoms with Crippen LogP contribution in [0, 0.1) is 0 Å². The van der Waals surface area contributed by atoms with Crippen LogP contribution in [0.5, 0.6) is 0 Å². The summed E-state index contributed by atoms with van der Waals surface area (Å²) in [7, 11) is 1.81. The van der Waals surface area contributed by atoms with Crippen molar-refractivity contribution >= 4 is 11.7 Å². The van der Waals surface area contributed by atoms with Crippen LogP contribution >= 0.6 is 0 Å². The highest BCUT2D eigenvalue weighted by Gasteiger charge is 2.10. The number of aromatic nitrogens is 2. The number of benzene rings is 1. The molecule has 1 unspecified atom stereocenters. The van der Waals surface area contributed by atoms with Gasteiger partial charge >= 0.3 is 6.03 Å². The summed E-state index contributed by atoms with van der Waals surface area (Å²) in [4.78, 5) is 11.9. The molecule has 0 aliphatic carbocycles. The molecular formula is C15H20N4O. The van der Waals surface area contributed by atoms with Crippen LogP contribution in [-0.4, -0.2) is 15.8 Å². The molecule has 1 atom stereocenters. The number of hydrogen-bond donors (Lipinski definition) is 2. The Morgan fingerprint density at radius 2 is 2.05 bits per heavy atom. The molecule has 1 aromatic heterocycles. The summed E-state index contributed by atoms with van der Waals surface area (Å²) >= 11 is 0. The van der Waals surface area contributed by atoms with Gasteiger partial charge in [-0.15, -0.1) is 0 Å². The SMILES string of the molecule is CCc1ccc(C(C)NC(=O)Nc2cnn(C)c2)cc1. The van der Waals surface area contributed by atoms with E-state index in [1.165, 1.54) is 5.56 Å². The van der Waals surface area contributed by atoms with E-state index in [2.05, 4.69) is 34.8 Å². The molecule has 0 spiro atoms. The molecule has 20 heavy (non-hydrogen) atoms. The molecular weight excluding hydrogens is 252 g/mol. The van der Waals surface area contributed by atoms with Crippen molar-refractivity contribution < 1.29 is 4.79 Å². The van der Waals surface area contributed by atoms with Crippen LogP contribution in [0.2, 0.25) is 0 Å². The summed E-state index contributed by atoms with van der Waals surface area (Å²) in [6, 6.07) is 8.00. The first-order valence-electron chi connectivity index (χ1n) is 6.73. The van der Waals surface area contributed by atoms with E-state index in [-0.39, 0.29) is 12.1 Å². The zero-order chi connectivity index (χ0) is 14.5. The molecule has 5 nitrogen and oxygen atoms in total. The monoisotopic (exact) mass is 272 g/mol. The van der Waals surface area contributed by atoms with E-state index in [1.54, 1.807) is 24.1 Å². The molecule has 0 radical (unpaired) electrons. The van der Waals surface area contributed by atoms with Crippen molar-refractivity contribution in [2.75, 3.05) is 5.32 Å². The molecule has 1 aromatic carbocycles. The van der Waals surface area contributed by atoms with Gasteiger partial charge in [0, 0.05) is 13.2 Å². The number of aryl methyl sites for hydroxylation is 2. The number of hydrogen-bond acceptors (Lipinski definition) is 2. The number of carbonyl (C=O) groups is 1. The van der Waals surface area contributed by atoms with Gasteiger partial charge < -0.3 is 10.6 Å². The van der Waals surface area contributed by atoms with Crippen molar-refractivity contribution in [3.05, 3.63) is 47.8 Å². The third-order valence-electron chi connectivity index (χ3n) is 3.20. The Balaban J connectivity index is 1.92. The largest absolute Gasteiger partial charge is 0.331 e. The Morgan fingerprint density at radius 1 is 1.35 bits per heavy atom. The predicted octanol–water partition coefficient (Wildman–Crippen LogP) is 2.87. The fraction of sp³-hybridized carbons (Fsp3) is 0.333. The molecule has 0 aliphatic heterocycles. The van der Waals surface area contributed by atoms with E-state index in [9.17, 15) is 4.79 Å². The molecule has 0 fully saturated rings. The van der Waals surface area contributed by atoms with E-state index in [0.717, 1.165) is 12.0 Å². The zero-order valence-electron chi connectivity index (χ0n) is 12.1. The predicted molar refractivity (Wildman–Crippen MR) is 79.6 cm³/mol. The molecule has 0 saturated carbocycles. The van der Waals surface area contributed by atoms with Crippen LogP contribution in [0.15, 0.2) is 36.7 Å². The smallest absolute Gasteiger partial charge is 0.319 e. The Labute approximate surface area is 119 Å². The Morgan fingerprint density at radius 3 is 2.60 bits per heavy atom. The van der Waals surface area contributed by atoms with E-state index >= 15 is 0 Å². The van der Waals surface area contributed by atoms with Crippen molar-refractivity contribution in [3.8, 4) is 0 Å². The summed E-state index contributed by atoms with van der Waals surface area (Å²) in [6.45, 7) is 4.09. The molecule has 0 aliphatic rings. The topological polar surface area (TPSA) is 59.0 Å². The van der Waals surface area contributed by atoms with Gasteiger partial charge in [-0.2, -0.15) is 5.10 Å². The van der Waals surface area contributed by atoms with Crippen molar-refractivity contribution in [3.63, 3.8) is 0 Å². The van der Waals surface area contributed by atoms with Crippen LogP contribution < -0.4 is 10.6 Å². The lowest BCUT2D eigenvalue weighted by Gasteiger charge is -2.15. The maximum absolute atomic E-state index is 11.9. The molecule has 106 valence electrons. The van der Waals surface area contributed by atoms with Gasteiger partial charge in [-0.3, -0.25) is 4.68 Å². The molecule has 1 heterocycles. The van der Waals surface area contributed by atoms with Crippen LogP contribution in [0.4, 0.5) is 10.5 Å². The number of rotatable bonds is 4. The highest BCUT2D eigenvalue weighted by atomic mass is 16.2. The normalized spacial score (nSPS) is 11.9. The van der Waals surface area contributed by atoms with Crippen LogP contribution in [0.25, 0.3) is 0 Å². The van der Waals surface area contributed by atoms with Gasteiger partial charge in [0.25, 0.3) is 0 Å². The fourth-order valence-electron chi connectivity index (χ4n) is 1.97. The van der Waals surface area contributed by atoms with Gasteiger partial charge in [0.2, 0.25) is 0 Å². The van der Waals surface area contributed by atoms with Gasteiger partial charge in [0.1, 0.15) is 0 Å². The summed E-state index contributed by atoms with van der Waals surface area (Å²) in [5.74, 6) is 0. The highest BCUT2D eigenvalue weighted by Crippen LogP contribution is 2.14. The minimum absolute atomic E-state index is 0.0439. The number of nitrogens with one attached hydrogen (secondary N) is 2. The van der Waals surface area contributed by atoms with E-state index in [0.29, 0.717) is 5.69 Å². The fourth-order valence-corrected chi connectivity index (χ4v) is 1.97. The van der Waals surface area contributed by atoms with Gasteiger partial charge in [-0.25, -0.2) is 4.79 Å². The van der Waals surface area contributed by atoms with Crippen LogP contribution in [0.3, 0.4) is 0 Å². The molecule has 2 aromatic rings. The number of anilines is 1. The minimum Gasteiger partial charge on any atom is -0.331 e. The first kappa shape index (κ1) is 14.1. The Kier molecular flexibility index (Phi) is 4.40. The lowest BCUT2D eigenvalue weighted by Crippen LogP contribution is -2.31. The first-order valence-corrected chi connectivity index (χ1v) is 6.73. The summed E-state index contributed by atoms with van der Waals surface area (Å²) in [6.07, 6.45) is 4.38. The third kappa shape index (κ3) is 3.60. The third-order valence-corrected chi connectivity index (χ3v) is 3.20. The maximum Gasteiger partial charge on any atom is 0.319 e. The number of amides is 2. The minimum atomic E-state index is -0.231. The highest BCUT2D eigenvalue weighted by molar-refractivity contribution is 5.89. The summed E-state index contributed by atoms with van der Waals surface area (Å²) in [5, 5.41) is 9.66. The van der Waals surface area contributed by atoms with Gasteiger partial charge in [-0.05, 0) is 24.5 Å². The van der Waals surface area contributed by atoms with Gasteiger partial charge in [0.05, 0.1) is 17.9 Å². The van der Waals surface area contributed by atoms with Crippen molar-refractivity contribution in [1.82, 2.24) is 15.1 Å². The molecule has 0 bridgehead atoms. The lowest BCUT2D eigenvalue weighted by molar-refractivity contribution is 0.249. The maximum atomic E-state index is 11.9. The second-order valence-corrected chi connectivity index (χ2v) is 4.82. The number of urea groups is 1. The summed E-state index contributed by atoms with van der Waals surface area (Å²) < 4.78 is 1.64. The van der Waals surface area contributed by atoms with Gasteiger partial charge in [0.15, 0.2) is 0 Å². The standard InChI is InChI=1S/C15H20N4O/c1-4-12-5-7-13(8-6-12)11(2)17-15(20)18-14-9-16-19(3)10-14/h5-11H,4H2,1-3H3,(H2,17,18,20). The average Bonchev–Trinajstić information content (AvgIpc) is 2.84. The second-order valence-electron chi connectivity index (χ2n) is 4.82. The molecule has 2 amide bonds.